The highest BCUT2D eigenvalue weighted by Gasteiger charge is 2.30. The summed E-state index contributed by atoms with van der Waals surface area (Å²) in [6.07, 6.45) is -1.47. The van der Waals surface area contributed by atoms with Gasteiger partial charge in [0.25, 0.3) is 0 Å². The number of amides is 1. The third kappa shape index (κ3) is 7.15. The van der Waals surface area contributed by atoms with Gasteiger partial charge in [0.2, 0.25) is 5.91 Å². The number of halogens is 3. The molecule has 0 aliphatic rings. The predicted octanol–water partition coefficient (Wildman–Crippen LogP) is 4.29. The van der Waals surface area contributed by atoms with Gasteiger partial charge in [0.05, 0.1) is 28.4 Å². The Kier molecular flexibility index (Phi) is 8.15. The van der Waals surface area contributed by atoms with E-state index in [0.29, 0.717) is 23.1 Å². The zero-order chi connectivity index (χ0) is 26.5. The lowest BCUT2D eigenvalue weighted by Gasteiger charge is -2.16. The molecule has 0 atom stereocenters. The number of hydrogen-bond donors (Lipinski definition) is 2. The number of pyridine rings is 2. The van der Waals surface area contributed by atoms with Crippen LogP contribution in [-0.4, -0.2) is 50.9 Å². The molecule has 2 N–H and O–H groups in total. The van der Waals surface area contributed by atoms with Crippen LogP contribution in [0.15, 0.2) is 53.7 Å². The molecule has 0 bridgehead atoms. The van der Waals surface area contributed by atoms with Gasteiger partial charge in [-0.05, 0) is 24.3 Å². The van der Waals surface area contributed by atoms with Crippen molar-refractivity contribution in [3.05, 3.63) is 54.4 Å². The first-order valence-electron chi connectivity index (χ1n) is 10.4. The minimum absolute atomic E-state index is 0.0229. The van der Waals surface area contributed by atoms with Crippen LogP contribution in [0.2, 0.25) is 0 Å². The fourth-order valence-electron chi connectivity index (χ4n) is 3.07. The van der Waals surface area contributed by atoms with Gasteiger partial charge < -0.3 is 20.1 Å². The van der Waals surface area contributed by atoms with Crippen molar-refractivity contribution in [2.24, 2.45) is 0 Å². The second-order valence-electron chi connectivity index (χ2n) is 7.66. The summed E-state index contributed by atoms with van der Waals surface area (Å²) in [4.78, 5) is 19.5. The van der Waals surface area contributed by atoms with E-state index in [4.69, 9.17) is 9.47 Å². The summed E-state index contributed by atoms with van der Waals surface area (Å²) in [5.41, 5.74) is 0.169. The molecular weight excluding hydrogens is 501 g/mol. The molecule has 1 aromatic carbocycles. The number of hydrogen-bond acceptors (Lipinski definition) is 8. The van der Waals surface area contributed by atoms with E-state index in [1.54, 1.807) is 6.07 Å². The quantitative estimate of drug-likeness (QED) is 0.398. The number of methoxy groups -OCH3 is 1. The van der Waals surface area contributed by atoms with E-state index in [-0.39, 0.29) is 41.3 Å². The zero-order valence-corrected chi connectivity index (χ0v) is 20.3. The van der Waals surface area contributed by atoms with Gasteiger partial charge in [-0.25, -0.2) is 13.4 Å². The molecule has 0 aliphatic carbocycles. The maximum atomic E-state index is 13.0. The van der Waals surface area contributed by atoms with Gasteiger partial charge in [-0.2, -0.15) is 13.2 Å². The summed E-state index contributed by atoms with van der Waals surface area (Å²) >= 11 is 0. The summed E-state index contributed by atoms with van der Waals surface area (Å²) in [7, 11) is -2.12. The van der Waals surface area contributed by atoms with Crippen molar-refractivity contribution in [3.8, 4) is 17.0 Å². The normalized spacial score (nSPS) is 11.7. The molecule has 2 aromatic heterocycles. The van der Waals surface area contributed by atoms with Gasteiger partial charge in [0.15, 0.2) is 9.84 Å². The standard InChI is InChI=1S/C23H23F3N4O5S/c1-14(31)29-22-11-21(19(13-28-22)20-5-4-15(12-27-20)23(24,25)26)30-16-8-17(35-7-6-34-2)10-18(9-16)36(3,32)33/h4-5,8-13H,6-7H2,1-3H3,(H2,28,29,30,31). The highest BCUT2D eigenvalue weighted by Crippen LogP contribution is 2.35. The SMILES string of the molecule is COCCOc1cc(Nc2cc(NC(C)=O)ncc2-c2ccc(C(F)(F)F)cn2)cc(S(C)(=O)=O)c1. The largest absolute Gasteiger partial charge is 0.491 e. The van der Waals surface area contributed by atoms with Crippen LogP contribution in [-0.2, 0) is 25.5 Å². The molecule has 0 saturated heterocycles. The number of rotatable bonds is 9. The van der Waals surface area contributed by atoms with Gasteiger partial charge in [0, 0.05) is 56.1 Å². The Morgan fingerprint density at radius 1 is 1.06 bits per heavy atom. The maximum absolute atomic E-state index is 13.0. The number of carbonyl (C=O) groups is 1. The van der Waals surface area contributed by atoms with E-state index in [0.717, 1.165) is 12.3 Å². The van der Waals surface area contributed by atoms with Crippen LogP contribution in [0.1, 0.15) is 12.5 Å². The first-order chi connectivity index (χ1) is 16.9. The molecule has 13 heteroatoms. The van der Waals surface area contributed by atoms with Gasteiger partial charge in [-0.1, -0.05) is 0 Å². The number of sulfone groups is 1. The van der Waals surface area contributed by atoms with Crippen LogP contribution in [0, 0.1) is 0 Å². The van der Waals surface area contributed by atoms with Crippen LogP contribution < -0.4 is 15.4 Å². The van der Waals surface area contributed by atoms with Gasteiger partial charge >= 0.3 is 6.18 Å². The Morgan fingerprint density at radius 2 is 1.81 bits per heavy atom. The first-order valence-corrected chi connectivity index (χ1v) is 12.3. The summed E-state index contributed by atoms with van der Waals surface area (Å²) in [6, 6.07) is 7.82. The van der Waals surface area contributed by atoms with Crippen molar-refractivity contribution in [1.82, 2.24) is 9.97 Å². The Balaban J connectivity index is 2.07. The van der Waals surface area contributed by atoms with Crippen molar-refractivity contribution in [3.63, 3.8) is 0 Å². The smallest absolute Gasteiger partial charge is 0.417 e. The number of alkyl halides is 3. The molecule has 0 fully saturated rings. The van der Waals surface area contributed by atoms with Gasteiger partial charge in [-0.3, -0.25) is 9.78 Å². The number of aromatic nitrogens is 2. The van der Waals surface area contributed by atoms with Crippen molar-refractivity contribution in [1.29, 1.82) is 0 Å². The monoisotopic (exact) mass is 524 g/mol. The van der Waals surface area contributed by atoms with Crippen molar-refractivity contribution >= 4 is 32.9 Å². The molecule has 0 radical (unpaired) electrons. The van der Waals surface area contributed by atoms with Crippen molar-refractivity contribution in [2.75, 3.05) is 37.2 Å². The second kappa shape index (κ2) is 10.9. The van der Waals surface area contributed by atoms with Crippen LogP contribution in [0.25, 0.3) is 11.3 Å². The maximum Gasteiger partial charge on any atom is 0.417 e. The molecule has 9 nitrogen and oxygen atoms in total. The number of anilines is 3. The third-order valence-electron chi connectivity index (χ3n) is 4.72. The average Bonchev–Trinajstić information content (AvgIpc) is 2.78. The fourth-order valence-corrected chi connectivity index (χ4v) is 3.74. The van der Waals surface area contributed by atoms with E-state index in [2.05, 4.69) is 20.6 Å². The molecule has 0 unspecified atom stereocenters. The van der Waals surface area contributed by atoms with Crippen molar-refractivity contribution in [2.45, 2.75) is 18.0 Å². The van der Waals surface area contributed by atoms with E-state index in [9.17, 15) is 26.4 Å². The topological polar surface area (TPSA) is 120 Å². The predicted molar refractivity (Wildman–Crippen MR) is 127 cm³/mol. The minimum Gasteiger partial charge on any atom is -0.491 e. The zero-order valence-electron chi connectivity index (χ0n) is 19.5. The lowest BCUT2D eigenvalue weighted by molar-refractivity contribution is -0.137. The van der Waals surface area contributed by atoms with Crippen LogP contribution >= 0.6 is 0 Å². The summed E-state index contributed by atoms with van der Waals surface area (Å²) in [5.74, 6) is 0.0288. The molecule has 36 heavy (non-hydrogen) atoms. The number of ether oxygens (including phenoxy) is 2. The summed E-state index contributed by atoms with van der Waals surface area (Å²) < 4.78 is 73.9. The molecule has 0 aliphatic heterocycles. The van der Waals surface area contributed by atoms with E-state index >= 15 is 0 Å². The van der Waals surface area contributed by atoms with E-state index < -0.39 is 21.6 Å². The molecule has 0 saturated carbocycles. The molecule has 2 heterocycles. The van der Waals surface area contributed by atoms with Crippen LogP contribution in [0.5, 0.6) is 5.75 Å². The number of nitrogens with zero attached hydrogens (tertiary/aromatic N) is 2. The number of nitrogens with one attached hydrogen (secondary N) is 2. The van der Waals surface area contributed by atoms with Gasteiger partial charge in [0.1, 0.15) is 18.2 Å². The minimum atomic E-state index is -4.55. The Bertz CT molecular complexity index is 1350. The molecular formula is C23H23F3N4O5S. The number of carbonyl (C=O) groups excluding carboxylic acids is 1. The Morgan fingerprint density at radius 3 is 2.39 bits per heavy atom. The molecule has 3 aromatic rings. The first kappa shape index (κ1) is 26.9. The summed E-state index contributed by atoms with van der Waals surface area (Å²) in [6.45, 7) is 1.74. The van der Waals surface area contributed by atoms with Crippen LogP contribution in [0.4, 0.5) is 30.4 Å². The van der Waals surface area contributed by atoms with E-state index in [1.165, 1.54) is 44.5 Å². The fraction of sp³-hybridized carbons (Fsp3) is 0.261. The molecule has 1 amide bonds. The Hall–Kier alpha value is -3.71. The lowest BCUT2D eigenvalue weighted by atomic mass is 10.1. The Labute approximate surface area is 205 Å². The van der Waals surface area contributed by atoms with Crippen molar-refractivity contribution < 1.29 is 35.9 Å². The molecule has 192 valence electrons. The second-order valence-corrected chi connectivity index (χ2v) is 9.67. The molecule has 3 rings (SSSR count). The third-order valence-corrected chi connectivity index (χ3v) is 5.81. The van der Waals surface area contributed by atoms with Gasteiger partial charge in [-0.15, -0.1) is 0 Å². The summed E-state index contributed by atoms with van der Waals surface area (Å²) in [5, 5.41) is 5.57. The highest BCUT2D eigenvalue weighted by atomic mass is 32.2. The lowest BCUT2D eigenvalue weighted by Crippen LogP contribution is -2.09. The average molecular weight is 525 g/mol. The highest BCUT2D eigenvalue weighted by molar-refractivity contribution is 7.90. The molecule has 0 spiro atoms. The number of benzene rings is 1. The van der Waals surface area contributed by atoms with Crippen LogP contribution in [0.3, 0.4) is 0 Å². The van der Waals surface area contributed by atoms with E-state index in [1.807, 2.05) is 0 Å².